The fourth-order valence-electron chi connectivity index (χ4n) is 2.61. The van der Waals surface area contributed by atoms with Crippen LogP contribution in [0.2, 0.25) is 5.02 Å². The first-order valence-corrected chi connectivity index (χ1v) is 8.76. The van der Waals surface area contributed by atoms with Crippen molar-refractivity contribution in [1.82, 2.24) is 5.43 Å². The van der Waals surface area contributed by atoms with Crippen LogP contribution in [0.15, 0.2) is 71.8 Å². The van der Waals surface area contributed by atoms with Gasteiger partial charge in [0, 0.05) is 10.7 Å². The number of hydrogen-bond donors (Lipinski definition) is 2. The van der Waals surface area contributed by atoms with Crippen molar-refractivity contribution in [2.24, 2.45) is 5.10 Å². The molecule has 132 valence electrons. The highest BCUT2D eigenvalue weighted by Gasteiger charge is 2.12. The highest BCUT2D eigenvalue weighted by atomic mass is 35.5. The van der Waals surface area contributed by atoms with Crippen molar-refractivity contribution in [2.75, 3.05) is 5.32 Å². The van der Waals surface area contributed by atoms with E-state index in [1.807, 2.05) is 37.3 Å². The van der Waals surface area contributed by atoms with Crippen LogP contribution in [0.1, 0.15) is 19.4 Å². The van der Waals surface area contributed by atoms with Gasteiger partial charge in [0.15, 0.2) is 0 Å². The molecule has 2 N–H and O–H groups in total. The summed E-state index contributed by atoms with van der Waals surface area (Å²) in [6, 6.07) is 21.1. The van der Waals surface area contributed by atoms with E-state index in [2.05, 4.69) is 40.1 Å². The molecule has 1 atom stereocenters. The van der Waals surface area contributed by atoms with Crippen LogP contribution in [-0.2, 0) is 4.79 Å². The fourth-order valence-corrected chi connectivity index (χ4v) is 2.80. The highest BCUT2D eigenvalue weighted by molar-refractivity contribution is 6.30. The summed E-state index contributed by atoms with van der Waals surface area (Å²) in [5, 5.41) is 10.3. The molecule has 5 heteroatoms. The van der Waals surface area contributed by atoms with E-state index in [4.69, 9.17) is 11.6 Å². The van der Waals surface area contributed by atoms with E-state index < -0.39 is 6.04 Å². The number of carbonyl (C=O) groups excluding carboxylic acids is 1. The summed E-state index contributed by atoms with van der Waals surface area (Å²) in [6.45, 7) is 3.65. The third-order valence-electron chi connectivity index (χ3n) is 4.10. The third-order valence-corrected chi connectivity index (χ3v) is 4.34. The number of nitrogens with zero attached hydrogens (tertiary/aromatic N) is 1. The molecule has 0 bridgehead atoms. The first kappa shape index (κ1) is 18.0. The van der Waals surface area contributed by atoms with Gasteiger partial charge < -0.3 is 5.32 Å². The standard InChI is InChI=1S/C21H20ClN3O/c1-14(17-11-10-16-6-3-4-7-18(16)12-17)24-25-21(26)15(2)23-20-9-5-8-19(22)13-20/h3-13,15,23H,1-2H3,(H,25,26)/b24-14+. The number of halogens is 1. The molecular weight excluding hydrogens is 346 g/mol. The van der Waals surface area contributed by atoms with Crippen LogP contribution in [0.5, 0.6) is 0 Å². The van der Waals surface area contributed by atoms with Crippen LogP contribution in [0, 0.1) is 0 Å². The number of amides is 1. The Balaban J connectivity index is 1.66. The maximum Gasteiger partial charge on any atom is 0.262 e. The Labute approximate surface area is 157 Å². The second kappa shape index (κ2) is 8.02. The third kappa shape index (κ3) is 4.41. The lowest BCUT2D eigenvalue weighted by molar-refractivity contribution is -0.121. The largest absolute Gasteiger partial charge is 0.374 e. The zero-order chi connectivity index (χ0) is 18.5. The van der Waals surface area contributed by atoms with E-state index in [0.717, 1.165) is 22.3 Å². The van der Waals surface area contributed by atoms with Crippen molar-refractivity contribution in [3.63, 3.8) is 0 Å². The molecule has 1 unspecified atom stereocenters. The van der Waals surface area contributed by atoms with Gasteiger partial charge in [0.1, 0.15) is 6.04 Å². The summed E-state index contributed by atoms with van der Waals surface area (Å²) >= 11 is 5.96. The highest BCUT2D eigenvalue weighted by Crippen LogP contribution is 2.17. The monoisotopic (exact) mass is 365 g/mol. The van der Waals surface area contributed by atoms with Gasteiger partial charge >= 0.3 is 0 Å². The van der Waals surface area contributed by atoms with Crippen molar-refractivity contribution in [1.29, 1.82) is 0 Å². The van der Waals surface area contributed by atoms with Crippen molar-refractivity contribution in [3.05, 3.63) is 77.3 Å². The van der Waals surface area contributed by atoms with E-state index in [-0.39, 0.29) is 5.91 Å². The predicted octanol–water partition coefficient (Wildman–Crippen LogP) is 4.83. The molecule has 0 aliphatic carbocycles. The smallest absolute Gasteiger partial charge is 0.262 e. The van der Waals surface area contributed by atoms with Crippen LogP contribution in [0.3, 0.4) is 0 Å². The summed E-state index contributed by atoms with van der Waals surface area (Å²) < 4.78 is 0. The molecule has 4 nitrogen and oxygen atoms in total. The molecule has 0 saturated heterocycles. The van der Waals surface area contributed by atoms with Crippen LogP contribution < -0.4 is 10.7 Å². The summed E-state index contributed by atoms with van der Waals surface area (Å²) in [7, 11) is 0. The van der Waals surface area contributed by atoms with E-state index in [0.29, 0.717) is 5.02 Å². The zero-order valence-electron chi connectivity index (χ0n) is 14.7. The van der Waals surface area contributed by atoms with Gasteiger partial charge in [-0.2, -0.15) is 5.10 Å². The molecule has 0 spiro atoms. The summed E-state index contributed by atoms with van der Waals surface area (Å²) in [4.78, 5) is 12.3. The molecule has 0 fully saturated rings. The van der Waals surface area contributed by atoms with Gasteiger partial charge in [0.25, 0.3) is 5.91 Å². The normalized spacial score (nSPS) is 12.7. The molecule has 0 aliphatic rings. The van der Waals surface area contributed by atoms with Crippen molar-refractivity contribution >= 4 is 39.7 Å². The average molecular weight is 366 g/mol. The topological polar surface area (TPSA) is 53.5 Å². The number of rotatable bonds is 5. The average Bonchev–Trinajstić information content (AvgIpc) is 2.65. The molecule has 3 rings (SSSR count). The number of anilines is 1. The molecule has 0 aromatic heterocycles. The molecule has 0 radical (unpaired) electrons. The predicted molar refractivity (Wildman–Crippen MR) is 109 cm³/mol. The summed E-state index contributed by atoms with van der Waals surface area (Å²) in [6.07, 6.45) is 0. The Morgan fingerprint density at radius 3 is 2.54 bits per heavy atom. The van der Waals surface area contributed by atoms with Gasteiger partial charge in [0.05, 0.1) is 5.71 Å². The number of nitrogens with one attached hydrogen (secondary N) is 2. The van der Waals surface area contributed by atoms with Gasteiger partial charge in [-0.25, -0.2) is 5.43 Å². The molecule has 3 aromatic carbocycles. The molecule has 3 aromatic rings. The van der Waals surface area contributed by atoms with E-state index in [1.165, 1.54) is 5.39 Å². The quantitative estimate of drug-likeness (QED) is 0.502. The Hall–Kier alpha value is -2.85. The molecule has 0 aliphatic heterocycles. The number of hydrazone groups is 1. The lowest BCUT2D eigenvalue weighted by Gasteiger charge is -2.14. The number of fused-ring (bicyclic) bond motifs is 1. The minimum absolute atomic E-state index is 0.217. The Morgan fingerprint density at radius 1 is 1.00 bits per heavy atom. The molecule has 26 heavy (non-hydrogen) atoms. The maximum atomic E-state index is 12.3. The summed E-state index contributed by atoms with van der Waals surface area (Å²) in [5.41, 5.74) is 5.13. The van der Waals surface area contributed by atoms with E-state index in [9.17, 15) is 4.79 Å². The van der Waals surface area contributed by atoms with Crippen molar-refractivity contribution < 1.29 is 4.79 Å². The first-order chi connectivity index (χ1) is 12.5. The fraction of sp³-hybridized carbons (Fsp3) is 0.143. The minimum atomic E-state index is -0.443. The SMILES string of the molecule is C/C(=N\NC(=O)C(C)Nc1cccc(Cl)c1)c1ccc2ccccc2c1. The van der Waals surface area contributed by atoms with E-state index >= 15 is 0 Å². The Bertz CT molecular complexity index is 968. The first-order valence-electron chi connectivity index (χ1n) is 8.38. The molecular formula is C21H20ClN3O. The summed E-state index contributed by atoms with van der Waals surface area (Å²) in [5.74, 6) is -0.217. The van der Waals surface area contributed by atoms with Gasteiger partial charge in [-0.15, -0.1) is 0 Å². The van der Waals surface area contributed by atoms with Crippen molar-refractivity contribution in [3.8, 4) is 0 Å². The lowest BCUT2D eigenvalue weighted by atomic mass is 10.0. The molecule has 1 amide bonds. The lowest BCUT2D eigenvalue weighted by Crippen LogP contribution is -2.35. The second-order valence-corrected chi connectivity index (χ2v) is 6.55. The zero-order valence-corrected chi connectivity index (χ0v) is 15.4. The Kier molecular flexibility index (Phi) is 5.54. The van der Waals surface area contributed by atoms with Gasteiger partial charge in [-0.1, -0.05) is 54.1 Å². The number of hydrogen-bond acceptors (Lipinski definition) is 3. The minimum Gasteiger partial charge on any atom is -0.374 e. The van der Waals surface area contributed by atoms with Gasteiger partial charge in [0.2, 0.25) is 0 Å². The number of carbonyl (C=O) groups is 1. The number of benzene rings is 3. The molecule has 0 heterocycles. The van der Waals surface area contributed by atoms with Crippen molar-refractivity contribution in [2.45, 2.75) is 19.9 Å². The van der Waals surface area contributed by atoms with E-state index in [1.54, 1.807) is 19.1 Å². The van der Waals surface area contributed by atoms with Gasteiger partial charge in [-0.3, -0.25) is 4.79 Å². The van der Waals surface area contributed by atoms with Crippen LogP contribution in [-0.4, -0.2) is 17.7 Å². The molecule has 0 saturated carbocycles. The van der Waals surface area contributed by atoms with Crippen LogP contribution >= 0.6 is 11.6 Å². The van der Waals surface area contributed by atoms with Crippen LogP contribution in [0.4, 0.5) is 5.69 Å². The second-order valence-electron chi connectivity index (χ2n) is 6.11. The Morgan fingerprint density at radius 2 is 1.77 bits per heavy atom. The maximum absolute atomic E-state index is 12.3. The van der Waals surface area contributed by atoms with Crippen LogP contribution in [0.25, 0.3) is 10.8 Å². The van der Waals surface area contributed by atoms with Gasteiger partial charge in [-0.05, 0) is 54.4 Å².